The molecule has 17 heavy (non-hydrogen) atoms. The maximum absolute atomic E-state index is 5.62. The number of nitrogens with two attached hydrogens (primary N) is 1. The van der Waals surface area contributed by atoms with Gasteiger partial charge in [-0.15, -0.1) is 0 Å². The van der Waals surface area contributed by atoms with Gasteiger partial charge in [-0.25, -0.2) is 4.98 Å². The maximum Gasteiger partial charge on any atom is 0.126 e. The minimum Gasteiger partial charge on any atom is -0.389 e. The number of anilines is 1. The van der Waals surface area contributed by atoms with Crippen LogP contribution in [0.4, 0.5) is 5.82 Å². The molecule has 0 aromatic carbocycles. The van der Waals surface area contributed by atoms with Crippen LogP contribution in [0.3, 0.4) is 0 Å². The van der Waals surface area contributed by atoms with E-state index in [-0.39, 0.29) is 5.54 Å². The van der Waals surface area contributed by atoms with Gasteiger partial charge in [0.15, 0.2) is 0 Å². The van der Waals surface area contributed by atoms with Crippen molar-refractivity contribution in [1.29, 1.82) is 0 Å². The Hall–Kier alpha value is -1.16. The number of hydrogen-bond donors (Lipinski definition) is 2. The van der Waals surface area contributed by atoms with E-state index in [4.69, 9.17) is 18.0 Å². The highest BCUT2D eigenvalue weighted by molar-refractivity contribution is 7.80. The van der Waals surface area contributed by atoms with Crippen LogP contribution in [0.2, 0.25) is 0 Å². The highest BCUT2D eigenvalue weighted by atomic mass is 32.1. The molecule has 1 saturated carbocycles. The second-order valence-corrected chi connectivity index (χ2v) is 5.48. The Balaban J connectivity index is 2.12. The SMILES string of the molecule is CC1(Nc2cc(C(N)=S)ccn2)CCCCC1. The van der Waals surface area contributed by atoms with Gasteiger partial charge in [-0.05, 0) is 31.9 Å². The summed E-state index contributed by atoms with van der Waals surface area (Å²) in [5.41, 5.74) is 6.66. The third-order valence-electron chi connectivity index (χ3n) is 3.43. The lowest BCUT2D eigenvalue weighted by molar-refractivity contribution is 0.348. The maximum atomic E-state index is 5.62. The van der Waals surface area contributed by atoms with Gasteiger partial charge in [0.05, 0.1) is 0 Å². The molecular weight excluding hydrogens is 230 g/mol. The number of pyridine rings is 1. The number of aromatic nitrogens is 1. The van der Waals surface area contributed by atoms with E-state index >= 15 is 0 Å². The van der Waals surface area contributed by atoms with Crippen LogP contribution in [0, 0.1) is 0 Å². The molecule has 0 bridgehead atoms. The molecule has 92 valence electrons. The first-order valence-electron chi connectivity index (χ1n) is 6.13. The molecule has 1 aliphatic carbocycles. The summed E-state index contributed by atoms with van der Waals surface area (Å²) in [6, 6.07) is 3.78. The standard InChI is InChI=1S/C13H19N3S/c1-13(6-3-2-4-7-13)16-11-9-10(12(14)17)5-8-15-11/h5,8-9H,2-4,6-7H2,1H3,(H2,14,17)(H,15,16). The smallest absolute Gasteiger partial charge is 0.126 e. The summed E-state index contributed by atoms with van der Waals surface area (Å²) in [6.07, 6.45) is 8.08. The molecule has 1 aliphatic rings. The zero-order valence-corrected chi connectivity index (χ0v) is 11.0. The summed E-state index contributed by atoms with van der Waals surface area (Å²) in [5.74, 6) is 0.875. The first-order valence-corrected chi connectivity index (χ1v) is 6.54. The van der Waals surface area contributed by atoms with E-state index in [2.05, 4.69) is 17.2 Å². The average Bonchev–Trinajstić information content (AvgIpc) is 2.29. The Morgan fingerprint density at radius 3 is 2.76 bits per heavy atom. The predicted octanol–water partition coefficient (Wildman–Crippen LogP) is 2.85. The Morgan fingerprint density at radius 1 is 1.41 bits per heavy atom. The molecular formula is C13H19N3S. The largest absolute Gasteiger partial charge is 0.389 e. The van der Waals surface area contributed by atoms with Gasteiger partial charge < -0.3 is 11.1 Å². The van der Waals surface area contributed by atoms with Crippen molar-refractivity contribution >= 4 is 23.0 Å². The monoisotopic (exact) mass is 249 g/mol. The van der Waals surface area contributed by atoms with Crippen LogP contribution in [0.15, 0.2) is 18.3 Å². The Morgan fingerprint density at radius 2 is 2.12 bits per heavy atom. The number of nitrogens with one attached hydrogen (secondary N) is 1. The van der Waals surface area contributed by atoms with Crippen LogP contribution in [0.1, 0.15) is 44.6 Å². The molecule has 4 heteroatoms. The zero-order chi connectivity index (χ0) is 12.3. The molecule has 1 heterocycles. The zero-order valence-electron chi connectivity index (χ0n) is 10.2. The van der Waals surface area contributed by atoms with Crippen molar-refractivity contribution in [1.82, 2.24) is 4.98 Å². The lowest BCUT2D eigenvalue weighted by Gasteiger charge is -2.35. The van der Waals surface area contributed by atoms with Crippen LogP contribution in [-0.4, -0.2) is 15.5 Å². The van der Waals surface area contributed by atoms with Crippen molar-refractivity contribution in [3.63, 3.8) is 0 Å². The molecule has 0 atom stereocenters. The minimum atomic E-state index is 0.167. The fraction of sp³-hybridized carbons (Fsp3) is 0.538. The van der Waals surface area contributed by atoms with Crippen molar-refractivity contribution in [2.24, 2.45) is 5.73 Å². The predicted molar refractivity (Wildman–Crippen MR) is 75.2 cm³/mol. The first-order chi connectivity index (χ1) is 8.09. The van der Waals surface area contributed by atoms with Gasteiger partial charge in [0.25, 0.3) is 0 Å². The average molecular weight is 249 g/mol. The quantitative estimate of drug-likeness (QED) is 0.809. The van der Waals surface area contributed by atoms with Gasteiger partial charge in [-0.1, -0.05) is 31.5 Å². The van der Waals surface area contributed by atoms with E-state index < -0.39 is 0 Å². The van der Waals surface area contributed by atoms with Gasteiger partial charge >= 0.3 is 0 Å². The summed E-state index contributed by atoms with van der Waals surface area (Å²) in [4.78, 5) is 4.76. The number of thiocarbonyl (C=S) groups is 1. The molecule has 3 nitrogen and oxygen atoms in total. The third-order valence-corrected chi connectivity index (χ3v) is 3.67. The van der Waals surface area contributed by atoms with E-state index in [0.29, 0.717) is 4.99 Å². The van der Waals surface area contributed by atoms with Crippen molar-refractivity contribution in [3.8, 4) is 0 Å². The van der Waals surface area contributed by atoms with Gasteiger partial charge in [0.2, 0.25) is 0 Å². The van der Waals surface area contributed by atoms with E-state index in [1.807, 2.05) is 12.1 Å². The second-order valence-electron chi connectivity index (χ2n) is 5.04. The van der Waals surface area contributed by atoms with Crippen LogP contribution in [-0.2, 0) is 0 Å². The van der Waals surface area contributed by atoms with Crippen LogP contribution >= 0.6 is 12.2 Å². The van der Waals surface area contributed by atoms with Crippen LogP contribution in [0.25, 0.3) is 0 Å². The van der Waals surface area contributed by atoms with Gasteiger partial charge in [-0.3, -0.25) is 0 Å². The first kappa shape index (κ1) is 12.3. The van der Waals surface area contributed by atoms with Crippen LogP contribution in [0.5, 0.6) is 0 Å². The van der Waals surface area contributed by atoms with E-state index in [9.17, 15) is 0 Å². The molecule has 2 rings (SSSR count). The Bertz CT molecular complexity index is 411. The fourth-order valence-corrected chi connectivity index (χ4v) is 2.55. The normalized spacial score (nSPS) is 18.6. The lowest BCUT2D eigenvalue weighted by atomic mass is 9.83. The molecule has 0 amide bonds. The number of hydrogen-bond acceptors (Lipinski definition) is 3. The van der Waals surface area contributed by atoms with Crippen molar-refractivity contribution < 1.29 is 0 Å². The van der Waals surface area contributed by atoms with Crippen molar-refractivity contribution in [3.05, 3.63) is 23.9 Å². The van der Waals surface area contributed by atoms with Crippen molar-refractivity contribution in [2.75, 3.05) is 5.32 Å². The summed E-state index contributed by atoms with van der Waals surface area (Å²) in [6.45, 7) is 2.27. The number of nitrogens with zero attached hydrogens (tertiary/aromatic N) is 1. The highest BCUT2D eigenvalue weighted by Crippen LogP contribution is 2.30. The summed E-state index contributed by atoms with van der Waals surface area (Å²) in [7, 11) is 0. The van der Waals surface area contributed by atoms with Crippen molar-refractivity contribution in [2.45, 2.75) is 44.6 Å². The topological polar surface area (TPSA) is 50.9 Å². The van der Waals surface area contributed by atoms with E-state index in [1.54, 1.807) is 6.20 Å². The van der Waals surface area contributed by atoms with Crippen LogP contribution < -0.4 is 11.1 Å². The molecule has 0 unspecified atom stereocenters. The molecule has 1 aromatic rings. The summed E-state index contributed by atoms with van der Waals surface area (Å²) in [5, 5.41) is 3.53. The highest BCUT2D eigenvalue weighted by Gasteiger charge is 2.26. The molecule has 0 spiro atoms. The van der Waals surface area contributed by atoms with Gasteiger partial charge in [0, 0.05) is 17.3 Å². The Kier molecular flexibility index (Phi) is 3.62. The molecule has 1 fully saturated rings. The summed E-state index contributed by atoms with van der Waals surface area (Å²) >= 11 is 4.98. The van der Waals surface area contributed by atoms with E-state index in [1.165, 1.54) is 32.1 Å². The van der Waals surface area contributed by atoms with Gasteiger partial charge in [-0.2, -0.15) is 0 Å². The molecule has 0 radical (unpaired) electrons. The van der Waals surface area contributed by atoms with Gasteiger partial charge in [0.1, 0.15) is 10.8 Å². The third kappa shape index (κ3) is 3.16. The molecule has 1 aromatic heterocycles. The van der Waals surface area contributed by atoms with E-state index in [0.717, 1.165) is 11.4 Å². The molecule has 0 aliphatic heterocycles. The lowest BCUT2D eigenvalue weighted by Crippen LogP contribution is -2.37. The minimum absolute atomic E-state index is 0.167. The number of rotatable bonds is 3. The summed E-state index contributed by atoms with van der Waals surface area (Å²) < 4.78 is 0. The Labute approximate surface area is 108 Å². The molecule has 3 N–H and O–H groups in total. The fourth-order valence-electron chi connectivity index (χ4n) is 2.42. The second kappa shape index (κ2) is 5.00. The molecule has 0 saturated heterocycles.